The van der Waals surface area contributed by atoms with Gasteiger partial charge in [0.2, 0.25) is 5.91 Å². The monoisotopic (exact) mass is 306 g/mol. The number of hydrogen-bond donors (Lipinski definition) is 2. The van der Waals surface area contributed by atoms with E-state index in [4.69, 9.17) is 22.1 Å². The molecule has 1 amide bonds. The maximum atomic E-state index is 11.5. The van der Waals surface area contributed by atoms with Crippen molar-refractivity contribution in [2.45, 2.75) is 6.04 Å². The minimum absolute atomic E-state index is 0.181. The molecule has 3 N–H and O–H groups in total. The van der Waals surface area contributed by atoms with E-state index < -0.39 is 6.04 Å². The van der Waals surface area contributed by atoms with E-state index in [0.717, 1.165) is 0 Å². The van der Waals surface area contributed by atoms with Crippen molar-refractivity contribution in [1.29, 1.82) is 0 Å². The van der Waals surface area contributed by atoms with E-state index in [1.54, 1.807) is 18.2 Å². The molecule has 16 heavy (non-hydrogen) atoms. The normalized spacial score (nSPS) is 12.2. The number of carbonyl (C=O) groups is 1. The molecule has 0 bridgehead atoms. The maximum absolute atomic E-state index is 11.5. The summed E-state index contributed by atoms with van der Waals surface area (Å²) in [5.41, 5.74) is 6.20. The number of amides is 1. The highest BCUT2D eigenvalue weighted by molar-refractivity contribution is 9.10. The summed E-state index contributed by atoms with van der Waals surface area (Å²) in [5.74, 6) is -0.295. The Hall–Kier alpha value is -0.620. The number of carbonyl (C=O) groups excluding carboxylic acids is 1. The van der Waals surface area contributed by atoms with Crippen LogP contribution >= 0.6 is 27.5 Å². The lowest BCUT2D eigenvalue weighted by Crippen LogP contribution is -2.39. The van der Waals surface area contributed by atoms with Crippen molar-refractivity contribution < 1.29 is 9.53 Å². The molecular formula is C10H12BrClN2O2. The van der Waals surface area contributed by atoms with E-state index in [9.17, 15) is 4.79 Å². The van der Waals surface area contributed by atoms with Crippen LogP contribution in [0.1, 0.15) is 0 Å². The van der Waals surface area contributed by atoms with Crippen molar-refractivity contribution >= 4 is 39.1 Å². The summed E-state index contributed by atoms with van der Waals surface area (Å²) in [7, 11) is 1.49. The molecule has 0 aliphatic heterocycles. The number of hydrogen-bond acceptors (Lipinski definition) is 3. The molecule has 1 unspecified atom stereocenters. The average molecular weight is 308 g/mol. The van der Waals surface area contributed by atoms with Gasteiger partial charge < -0.3 is 15.8 Å². The Kier molecular flexibility index (Phi) is 5.21. The van der Waals surface area contributed by atoms with Crippen molar-refractivity contribution in [3.8, 4) is 0 Å². The van der Waals surface area contributed by atoms with Gasteiger partial charge in [-0.3, -0.25) is 4.79 Å². The van der Waals surface area contributed by atoms with Crippen molar-refractivity contribution in [2.24, 2.45) is 5.73 Å². The van der Waals surface area contributed by atoms with Gasteiger partial charge in [0, 0.05) is 17.3 Å². The van der Waals surface area contributed by atoms with Gasteiger partial charge in [-0.25, -0.2) is 0 Å². The van der Waals surface area contributed by atoms with Crippen LogP contribution in [0.5, 0.6) is 0 Å². The zero-order valence-corrected chi connectivity index (χ0v) is 11.0. The molecule has 0 aromatic heterocycles. The first-order valence-corrected chi connectivity index (χ1v) is 5.72. The summed E-state index contributed by atoms with van der Waals surface area (Å²) < 4.78 is 5.50. The number of nitrogens with two attached hydrogens (primary N) is 1. The Balaban J connectivity index is 2.66. The fourth-order valence-electron chi connectivity index (χ4n) is 1.06. The van der Waals surface area contributed by atoms with Crippen LogP contribution in [0.25, 0.3) is 0 Å². The van der Waals surface area contributed by atoms with Gasteiger partial charge >= 0.3 is 0 Å². The lowest BCUT2D eigenvalue weighted by Gasteiger charge is -2.11. The van der Waals surface area contributed by atoms with Crippen molar-refractivity contribution in [1.82, 2.24) is 0 Å². The molecule has 0 radical (unpaired) electrons. The number of nitrogens with one attached hydrogen (secondary N) is 1. The second-order valence-corrected chi connectivity index (χ2v) is 4.44. The lowest BCUT2D eigenvalue weighted by atomic mass is 10.2. The number of benzene rings is 1. The third kappa shape index (κ3) is 3.75. The molecule has 0 saturated carbocycles. The molecule has 1 aromatic carbocycles. The van der Waals surface area contributed by atoms with Crippen LogP contribution in [0.15, 0.2) is 22.7 Å². The third-order valence-corrected chi connectivity index (χ3v) is 3.08. The molecule has 0 spiro atoms. The molecule has 1 aromatic rings. The molecular weight excluding hydrogens is 295 g/mol. The third-order valence-electron chi connectivity index (χ3n) is 1.87. The first kappa shape index (κ1) is 13.4. The fourth-order valence-corrected chi connectivity index (χ4v) is 1.56. The van der Waals surface area contributed by atoms with Gasteiger partial charge in [-0.2, -0.15) is 0 Å². The van der Waals surface area contributed by atoms with Crippen LogP contribution in [-0.2, 0) is 9.53 Å². The van der Waals surface area contributed by atoms with Crippen LogP contribution in [-0.4, -0.2) is 25.7 Å². The summed E-state index contributed by atoms with van der Waals surface area (Å²) >= 11 is 9.09. The summed E-state index contributed by atoms with van der Waals surface area (Å²) in [6.07, 6.45) is 0. The lowest BCUT2D eigenvalue weighted by molar-refractivity contribution is -0.118. The minimum atomic E-state index is -0.681. The summed E-state index contributed by atoms with van der Waals surface area (Å²) in [6.45, 7) is 0.181. The number of halogens is 2. The number of methoxy groups -OCH3 is 1. The van der Waals surface area contributed by atoms with Gasteiger partial charge in [0.15, 0.2) is 0 Å². The van der Waals surface area contributed by atoms with Gasteiger partial charge in [0.1, 0.15) is 6.04 Å². The van der Waals surface area contributed by atoms with Crippen molar-refractivity contribution in [3.63, 3.8) is 0 Å². The molecule has 0 aliphatic carbocycles. The van der Waals surface area contributed by atoms with E-state index in [0.29, 0.717) is 15.2 Å². The molecule has 88 valence electrons. The van der Waals surface area contributed by atoms with Gasteiger partial charge in [-0.1, -0.05) is 11.6 Å². The zero-order chi connectivity index (χ0) is 12.1. The Morgan fingerprint density at radius 1 is 1.69 bits per heavy atom. The Labute approximate surface area is 107 Å². The molecule has 0 saturated heterocycles. The minimum Gasteiger partial charge on any atom is -0.383 e. The van der Waals surface area contributed by atoms with E-state index in [1.807, 2.05) is 0 Å². The summed E-state index contributed by atoms with van der Waals surface area (Å²) in [4.78, 5) is 11.5. The molecule has 1 rings (SSSR count). The fraction of sp³-hybridized carbons (Fsp3) is 0.300. The first-order valence-electron chi connectivity index (χ1n) is 4.55. The topological polar surface area (TPSA) is 64.3 Å². The molecule has 4 nitrogen and oxygen atoms in total. The van der Waals surface area contributed by atoms with Crippen LogP contribution in [0, 0.1) is 0 Å². The second kappa shape index (κ2) is 6.20. The standard InChI is InChI=1S/C10H12BrClN2O2/c1-16-5-9(13)10(15)14-6-2-3-8(12)7(11)4-6/h2-4,9H,5,13H2,1H3,(H,14,15). The largest absolute Gasteiger partial charge is 0.383 e. The second-order valence-electron chi connectivity index (χ2n) is 3.18. The Morgan fingerprint density at radius 2 is 2.38 bits per heavy atom. The highest BCUT2D eigenvalue weighted by Crippen LogP contribution is 2.25. The van der Waals surface area contributed by atoms with Crippen molar-refractivity contribution in [3.05, 3.63) is 27.7 Å². The number of ether oxygens (including phenoxy) is 1. The summed E-state index contributed by atoms with van der Waals surface area (Å²) in [6, 6.07) is 4.41. The van der Waals surface area contributed by atoms with E-state index >= 15 is 0 Å². The highest BCUT2D eigenvalue weighted by atomic mass is 79.9. The van der Waals surface area contributed by atoms with Crippen LogP contribution in [0.4, 0.5) is 5.69 Å². The van der Waals surface area contributed by atoms with E-state index in [2.05, 4.69) is 21.2 Å². The van der Waals surface area contributed by atoms with E-state index in [1.165, 1.54) is 7.11 Å². The molecule has 6 heteroatoms. The van der Waals surface area contributed by atoms with Crippen LogP contribution in [0.3, 0.4) is 0 Å². The molecule has 0 fully saturated rings. The number of rotatable bonds is 4. The van der Waals surface area contributed by atoms with Gasteiger partial charge in [0.25, 0.3) is 0 Å². The zero-order valence-electron chi connectivity index (χ0n) is 8.67. The van der Waals surface area contributed by atoms with Crippen LogP contribution in [0.2, 0.25) is 5.02 Å². The van der Waals surface area contributed by atoms with Gasteiger partial charge in [-0.05, 0) is 34.1 Å². The smallest absolute Gasteiger partial charge is 0.243 e. The predicted octanol–water partition coefficient (Wildman–Crippen LogP) is 2.01. The molecule has 0 heterocycles. The maximum Gasteiger partial charge on any atom is 0.243 e. The molecule has 0 aliphatic rings. The Morgan fingerprint density at radius 3 is 2.94 bits per heavy atom. The first-order chi connectivity index (χ1) is 7.54. The van der Waals surface area contributed by atoms with E-state index in [-0.39, 0.29) is 12.5 Å². The average Bonchev–Trinajstić information content (AvgIpc) is 2.24. The number of anilines is 1. The quantitative estimate of drug-likeness (QED) is 0.894. The molecule has 1 atom stereocenters. The van der Waals surface area contributed by atoms with Crippen molar-refractivity contribution in [2.75, 3.05) is 19.0 Å². The highest BCUT2D eigenvalue weighted by Gasteiger charge is 2.13. The predicted molar refractivity (Wildman–Crippen MR) is 67.6 cm³/mol. The Bertz CT molecular complexity index is 387. The van der Waals surface area contributed by atoms with Crippen LogP contribution < -0.4 is 11.1 Å². The van der Waals surface area contributed by atoms with Gasteiger partial charge in [0.05, 0.1) is 11.6 Å². The van der Waals surface area contributed by atoms with Gasteiger partial charge in [-0.15, -0.1) is 0 Å². The summed E-state index contributed by atoms with van der Waals surface area (Å²) in [5, 5.41) is 3.24. The SMILES string of the molecule is COCC(N)C(=O)Nc1ccc(Cl)c(Br)c1.